The van der Waals surface area contributed by atoms with Crippen molar-refractivity contribution in [3.8, 4) is 0 Å². The van der Waals surface area contributed by atoms with Crippen LogP contribution in [-0.4, -0.2) is 44.1 Å². The van der Waals surface area contributed by atoms with Gasteiger partial charge in [0.15, 0.2) is 9.84 Å². The average molecular weight is 272 g/mol. The maximum absolute atomic E-state index is 11.9. The van der Waals surface area contributed by atoms with Crippen LogP contribution >= 0.6 is 0 Å². The molecule has 0 radical (unpaired) electrons. The molecule has 0 aliphatic heterocycles. The minimum atomic E-state index is -3.37. The van der Waals surface area contributed by atoms with Crippen LogP contribution in [0.25, 0.3) is 0 Å². The Hall–Kier alpha value is -1.47. The van der Waals surface area contributed by atoms with E-state index in [-0.39, 0.29) is 16.3 Å². The second kappa shape index (κ2) is 5.92. The summed E-state index contributed by atoms with van der Waals surface area (Å²) in [6, 6.07) is 4.96. The summed E-state index contributed by atoms with van der Waals surface area (Å²) < 4.78 is 23.9. The molecule has 100 valence electrons. The lowest BCUT2D eigenvalue weighted by Gasteiger charge is -2.13. The van der Waals surface area contributed by atoms with Gasteiger partial charge in [0.1, 0.15) is 0 Å². The molecule has 0 bridgehead atoms. The Labute approximate surface area is 106 Å². The van der Waals surface area contributed by atoms with Crippen LogP contribution in [-0.2, 0) is 9.84 Å². The molecule has 0 amide bonds. The molecule has 0 spiro atoms. The summed E-state index contributed by atoms with van der Waals surface area (Å²) in [7, 11) is -1.53. The highest BCUT2D eigenvalue weighted by molar-refractivity contribution is 7.91. The van der Waals surface area contributed by atoms with Gasteiger partial charge in [-0.2, -0.15) is 0 Å². The topological polar surface area (TPSA) is 80.5 Å². The first-order valence-corrected chi connectivity index (χ1v) is 7.18. The average Bonchev–Trinajstić information content (AvgIpc) is 2.36. The van der Waals surface area contributed by atoms with Gasteiger partial charge in [0.2, 0.25) is 0 Å². The number of non-ortho nitro benzene ring substituents is 1. The van der Waals surface area contributed by atoms with Crippen molar-refractivity contribution in [3.05, 3.63) is 34.4 Å². The highest BCUT2D eigenvalue weighted by atomic mass is 32.2. The van der Waals surface area contributed by atoms with Crippen molar-refractivity contribution >= 4 is 15.5 Å². The molecule has 1 aromatic rings. The van der Waals surface area contributed by atoms with E-state index in [0.717, 1.165) is 6.54 Å². The zero-order valence-corrected chi connectivity index (χ0v) is 11.2. The van der Waals surface area contributed by atoms with Gasteiger partial charge in [0.05, 0.1) is 15.6 Å². The number of rotatable bonds is 6. The van der Waals surface area contributed by atoms with Crippen molar-refractivity contribution in [2.45, 2.75) is 11.8 Å². The molecular formula is C11H16N2O4S. The molecule has 0 fully saturated rings. The second-order valence-corrected chi connectivity index (χ2v) is 6.07. The fourth-order valence-corrected chi connectivity index (χ4v) is 2.67. The van der Waals surface area contributed by atoms with Crippen molar-refractivity contribution < 1.29 is 13.3 Å². The second-order valence-electron chi connectivity index (χ2n) is 3.97. The third-order valence-electron chi connectivity index (χ3n) is 2.69. The zero-order valence-electron chi connectivity index (χ0n) is 10.4. The molecule has 0 atom stereocenters. The molecule has 0 aromatic heterocycles. The lowest BCUT2D eigenvalue weighted by Crippen LogP contribution is -2.25. The number of nitro benzene ring substituents is 1. The first-order valence-electron chi connectivity index (χ1n) is 5.52. The summed E-state index contributed by atoms with van der Waals surface area (Å²) in [5.74, 6) is 0.00908. The van der Waals surface area contributed by atoms with Gasteiger partial charge in [-0.1, -0.05) is 6.92 Å². The normalized spacial score (nSPS) is 11.7. The first kappa shape index (κ1) is 14.6. The van der Waals surface area contributed by atoms with Gasteiger partial charge in [-0.05, 0) is 25.7 Å². The number of hydrogen-bond acceptors (Lipinski definition) is 5. The minimum absolute atomic E-state index is 0.00908. The maximum Gasteiger partial charge on any atom is 0.269 e. The molecule has 1 rings (SSSR count). The van der Waals surface area contributed by atoms with Gasteiger partial charge in [-0.25, -0.2) is 8.42 Å². The van der Waals surface area contributed by atoms with Crippen molar-refractivity contribution in [3.63, 3.8) is 0 Å². The van der Waals surface area contributed by atoms with E-state index in [9.17, 15) is 18.5 Å². The van der Waals surface area contributed by atoms with E-state index >= 15 is 0 Å². The van der Waals surface area contributed by atoms with E-state index in [1.54, 1.807) is 0 Å². The summed E-state index contributed by atoms with van der Waals surface area (Å²) in [5.41, 5.74) is -0.111. The molecule has 1 aromatic carbocycles. The number of sulfone groups is 1. The van der Waals surface area contributed by atoms with E-state index in [2.05, 4.69) is 0 Å². The van der Waals surface area contributed by atoms with Crippen LogP contribution in [0.5, 0.6) is 0 Å². The fraction of sp³-hybridized carbons (Fsp3) is 0.455. The molecule has 0 N–H and O–H groups in total. The number of benzene rings is 1. The minimum Gasteiger partial charge on any atom is -0.306 e. The Morgan fingerprint density at radius 1 is 1.28 bits per heavy atom. The van der Waals surface area contributed by atoms with Crippen molar-refractivity contribution in [2.75, 3.05) is 25.9 Å². The third-order valence-corrected chi connectivity index (χ3v) is 4.40. The predicted octanol–water partition coefficient (Wildman–Crippen LogP) is 1.32. The number of nitro groups is 1. The summed E-state index contributed by atoms with van der Waals surface area (Å²) in [6.45, 7) is 3.16. The molecule has 0 unspecified atom stereocenters. The Kier molecular flexibility index (Phi) is 4.80. The van der Waals surface area contributed by atoms with Gasteiger partial charge in [0.25, 0.3) is 5.69 Å². The Morgan fingerprint density at radius 2 is 1.83 bits per heavy atom. The van der Waals surface area contributed by atoms with Crippen molar-refractivity contribution in [1.82, 2.24) is 4.90 Å². The number of hydrogen-bond donors (Lipinski definition) is 0. The summed E-state index contributed by atoms with van der Waals surface area (Å²) in [4.78, 5) is 11.9. The summed E-state index contributed by atoms with van der Waals surface area (Å²) >= 11 is 0. The van der Waals surface area contributed by atoms with Crippen LogP contribution < -0.4 is 0 Å². The molecule has 0 saturated carbocycles. The van der Waals surface area contributed by atoms with Gasteiger partial charge in [-0.15, -0.1) is 0 Å². The lowest BCUT2D eigenvalue weighted by molar-refractivity contribution is -0.384. The van der Waals surface area contributed by atoms with Crippen LogP contribution in [0.4, 0.5) is 5.69 Å². The van der Waals surface area contributed by atoms with E-state index in [1.807, 2.05) is 18.9 Å². The van der Waals surface area contributed by atoms with Crippen LogP contribution in [0.15, 0.2) is 29.2 Å². The summed E-state index contributed by atoms with van der Waals surface area (Å²) in [6.07, 6.45) is 0. The van der Waals surface area contributed by atoms with Gasteiger partial charge in [-0.3, -0.25) is 10.1 Å². The maximum atomic E-state index is 11.9. The molecule has 0 heterocycles. The van der Waals surface area contributed by atoms with E-state index < -0.39 is 14.8 Å². The van der Waals surface area contributed by atoms with Gasteiger partial charge >= 0.3 is 0 Å². The SMILES string of the molecule is CCN(C)CCS(=O)(=O)c1ccc([N+](=O)[O-])cc1. The molecule has 18 heavy (non-hydrogen) atoms. The first-order chi connectivity index (χ1) is 8.36. The molecule has 7 heteroatoms. The molecule has 0 aliphatic rings. The van der Waals surface area contributed by atoms with E-state index in [0.29, 0.717) is 6.54 Å². The fourth-order valence-electron chi connectivity index (χ4n) is 1.33. The Bertz CT molecular complexity index is 510. The molecule has 0 saturated heterocycles. The quantitative estimate of drug-likeness (QED) is 0.576. The largest absolute Gasteiger partial charge is 0.306 e. The zero-order chi connectivity index (χ0) is 13.8. The molecular weight excluding hydrogens is 256 g/mol. The molecule has 6 nitrogen and oxygen atoms in total. The van der Waals surface area contributed by atoms with Crippen LogP contribution in [0.2, 0.25) is 0 Å². The third kappa shape index (κ3) is 3.78. The summed E-state index contributed by atoms with van der Waals surface area (Å²) in [5, 5.41) is 10.5. The van der Waals surface area contributed by atoms with Crippen LogP contribution in [0, 0.1) is 10.1 Å². The van der Waals surface area contributed by atoms with Crippen LogP contribution in [0.1, 0.15) is 6.92 Å². The predicted molar refractivity (Wildman–Crippen MR) is 68.3 cm³/mol. The van der Waals surface area contributed by atoms with Crippen LogP contribution in [0.3, 0.4) is 0 Å². The van der Waals surface area contributed by atoms with Crippen molar-refractivity contribution in [2.24, 2.45) is 0 Å². The Morgan fingerprint density at radius 3 is 2.28 bits per heavy atom. The monoisotopic (exact) mass is 272 g/mol. The highest BCUT2D eigenvalue weighted by Gasteiger charge is 2.16. The number of nitrogens with zero attached hydrogens (tertiary/aromatic N) is 2. The standard InChI is InChI=1S/C11H16N2O4S/c1-3-12(2)8-9-18(16,17)11-6-4-10(5-7-11)13(14)15/h4-7H,3,8-9H2,1-2H3. The van der Waals surface area contributed by atoms with E-state index in [4.69, 9.17) is 0 Å². The van der Waals surface area contributed by atoms with Gasteiger partial charge in [0, 0.05) is 18.7 Å². The lowest BCUT2D eigenvalue weighted by atomic mass is 10.3. The molecule has 0 aliphatic carbocycles. The van der Waals surface area contributed by atoms with Gasteiger partial charge < -0.3 is 4.90 Å². The van der Waals surface area contributed by atoms with E-state index in [1.165, 1.54) is 24.3 Å². The highest BCUT2D eigenvalue weighted by Crippen LogP contribution is 2.16. The van der Waals surface area contributed by atoms with Crippen molar-refractivity contribution in [1.29, 1.82) is 0 Å². The Balaban J connectivity index is 2.82. The smallest absolute Gasteiger partial charge is 0.269 e.